The van der Waals surface area contributed by atoms with Crippen LogP contribution in [-0.4, -0.2) is 22.4 Å². The maximum atomic E-state index is 6.32. The van der Waals surface area contributed by atoms with Gasteiger partial charge >= 0.3 is 0 Å². The van der Waals surface area contributed by atoms with Crippen molar-refractivity contribution in [3.63, 3.8) is 0 Å². The maximum absolute atomic E-state index is 6.32. The molecule has 1 atom stereocenters. The summed E-state index contributed by atoms with van der Waals surface area (Å²) in [5, 5.41) is 8.82. The number of halogens is 1. The summed E-state index contributed by atoms with van der Waals surface area (Å²) in [6.45, 7) is 7.72. The van der Waals surface area contributed by atoms with Crippen LogP contribution in [0.4, 0.5) is 0 Å². The van der Waals surface area contributed by atoms with Gasteiger partial charge in [-0.1, -0.05) is 25.4 Å². The predicted molar refractivity (Wildman–Crippen MR) is 76.0 cm³/mol. The maximum Gasteiger partial charge on any atom is 0.130 e. The molecule has 1 aliphatic rings. The Balaban J connectivity index is 2.02. The van der Waals surface area contributed by atoms with Crippen molar-refractivity contribution >= 4 is 11.6 Å². The van der Waals surface area contributed by atoms with E-state index < -0.39 is 0 Å². The predicted octanol–water partition coefficient (Wildman–Crippen LogP) is 2.95. The number of rotatable bonds is 6. The van der Waals surface area contributed by atoms with E-state index >= 15 is 0 Å². The van der Waals surface area contributed by atoms with Crippen LogP contribution >= 0.6 is 11.6 Å². The summed E-state index contributed by atoms with van der Waals surface area (Å²) in [6, 6.07) is 0.775. The highest BCUT2D eigenvalue weighted by Gasteiger charge is 2.24. The number of aromatic nitrogens is 2. The third-order valence-electron chi connectivity index (χ3n) is 3.93. The summed E-state index contributed by atoms with van der Waals surface area (Å²) in [5.74, 6) is 1.29. The van der Waals surface area contributed by atoms with Gasteiger partial charge in [0.1, 0.15) is 5.15 Å². The molecule has 1 saturated carbocycles. The SMILES string of the molecule is Cc1nn(C)c(Cl)c1CC(CNC1CC1)C(C)C. The van der Waals surface area contributed by atoms with Crippen LogP contribution < -0.4 is 5.32 Å². The molecule has 0 amide bonds. The second kappa shape index (κ2) is 5.62. The van der Waals surface area contributed by atoms with E-state index in [-0.39, 0.29) is 0 Å². The second-order valence-electron chi connectivity index (χ2n) is 5.87. The minimum absolute atomic E-state index is 0.631. The molecule has 1 fully saturated rings. The van der Waals surface area contributed by atoms with Crippen molar-refractivity contribution in [3.8, 4) is 0 Å². The summed E-state index contributed by atoms with van der Waals surface area (Å²) in [4.78, 5) is 0. The number of hydrogen-bond donors (Lipinski definition) is 1. The molecule has 0 bridgehead atoms. The first-order valence-corrected chi connectivity index (χ1v) is 7.28. The molecular formula is C14H24ClN3. The van der Waals surface area contributed by atoms with Gasteiger partial charge in [-0.05, 0) is 44.6 Å². The van der Waals surface area contributed by atoms with Crippen LogP contribution in [-0.2, 0) is 13.5 Å². The Kier molecular flexibility index (Phi) is 4.33. The molecule has 2 rings (SSSR count). The molecule has 0 aliphatic heterocycles. The van der Waals surface area contributed by atoms with Gasteiger partial charge in [-0.3, -0.25) is 4.68 Å². The Bertz CT molecular complexity index is 407. The van der Waals surface area contributed by atoms with Crippen LogP contribution in [0.15, 0.2) is 0 Å². The largest absolute Gasteiger partial charge is 0.314 e. The van der Waals surface area contributed by atoms with Crippen molar-refractivity contribution in [1.82, 2.24) is 15.1 Å². The molecule has 1 unspecified atom stereocenters. The molecule has 1 aromatic heterocycles. The molecule has 0 aromatic carbocycles. The molecule has 0 spiro atoms. The lowest BCUT2D eigenvalue weighted by Gasteiger charge is -2.21. The number of hydrogen-bond acceptors (Lipinski definition) is 2. The Morgan fingerprint density at radius 1 is 1.44 bits per heavy atom. The zero-order chi connectivity index (χ0) is 13.3. The monoisotopic (exact) mass is 269 g/mol. The van der Waals surface area contributed by atoms with Gasteiger partial charge in [0.25, 0.3) is 0 Å². The summed E-state index contributed by atoms with van der Waals surface area (Å²) >= 11 is 6.32. The smallest absolute Gasteiger partial charge is 0.130 e. The van der Waals surface area contributed by atoms with Gasteiger partial charge in [0.15, 0.2) is 0 Å². The average molecular weight is 270 g/mol. The summed E-state index contributed by atoms with van der Waals surface area (Å²) < 4.78 is 1.78. The molecule has 18 heavy (non-hydrogen) atoms. The minimum atomic E-state index is 0.631. The first kappa shape index (κ1) is 13.9. The summed E-state index contributed by atoms with van der Waals surface area (Å²) in [6.07, 6.45) is 3.71. The zero-order valence-corrected chi connectivity index (χ0v) is 12.6. The van der Waals surface area contributed by atoms with E-state index in [4.69, 9.17) is 11.6 Å². The summed E-state index contributed by atoms with van der Waals surface area (Å²) in [5.41, 5.74) is 2.29. The van der Waals surface area contributed by atoms with E-state index in [0.717, 1.165) is 29.9 Å². The summed E-state index contributed by atoms with van der Waals surface area (Å²) in [7, 11) is 1.91. The van der Waals surface area contributed by atoms with Crippen molar-refractivity contribution in [3.05, 3.63) is 16.4 Å². The fourth-order valence-corrected chi connectivity index (χ4v) is 2.57. The lowest BCUT2D eigenvalue weighted by Crippen LogP contribution is -2.29. The molecule has 4 heteroatoms. The van der Waals surface area contributed by atoms with Gasteiger partial charge in [-0.25, -0.2) is 0 Å². The van der Waals surface area contributed by atoms with Crippen LogP contribution in [0.1, 0.15) is 37.9 Å². The molecule has 1 N–H and O–H groups in total. The molecule has 1 aromatic rings. The van der Waals surface area contributed by atoms with Gasteiger partial charge in [0, 0.05) is 18.7 Å². The highest BCUT2D eigenvalue weighted by Crippen LogP contribution is 2.26. The number of nitrogens with one attached hydrogen (secondary N) is 1. The Labute approximate surface area is 115 Å². The zero-order valence-electron chi connectivity index (χ0n) is 11.8. The number of nitrogens with zero attached hydrogens (tertiary/aromatic N) is 2. The molecule has 3 nitrogen and oxygen atoms in total. The topological polar surface area (TPSA) is 29.9 Å². The Morgan fingerprint density at radius 3 is 2.56 bits per heavy atom. The molecule has 1 aliphatic carbocycles. The van der Waals surface area contributed by atoms with Crippen LogP contribution in [0.2, 0.25) is 5.15 Å². The van der Waals surface area contributed by atoms with E-state index in [1.54, 1.807) is 4.68 Å². The van der Waals surface area contributed by atoms with Crippen molar-refractivity contribution in [2.75, 3.05) is 6.54 Å². The van der Waals surface area contributed by atoms with Crippen LogP contribution in [0.5, 0.6) is 0 Å². The van der Waals surface area contributed by atoms with E-state index in [0.29, 0.717) is 11.8 Å². The normalized spacial score (nSPS) is 17.4. The fourth-order valence-electron chi connectivity index (χ4n) is 2.32. The third kappa shape index (κ3) is 3.27. The van der Waals surface area contributed by atoms with Crippen molar-refractivity contribution in [2.24, 2.45) is 18.9 Å². The second-order valence-corrected chi connectivity index (χ2v) is 6.23. The van der Waals surface area contributed by atoms with E-state index in [2.05, 4.69) is 24.3 Å². The molecule has 1 heterocycles. The number of aryl methyl sites for hydroxylation is 2. The molecule has 0 saturated heterocycles. The Morgan fingerprint density at radius 2 is 2.11 bits per heavy atom. The molecule has 102 valence electrons. The quantitative estimate of drug-likeness (QED) is 0.861. The van der Waals surface area contributed by atoms with Gasteiger partial charge in [-0.2, -0.15) is 5.10 Å². The van der Waals surface area contributed by atoms with Gasteiger partial charge < -0.3 is 5.32 Å². The minimum Gasteiger partial charge on any atom is -0.314 e. The van der Waals surface area contributed by atoms with Gasteiger partial charge in [-0.15, -0.1) is 0 Å². The van der Waals surface area contributed by atoms with Gasteiger partial charge in [0.2, 0.25) is 0 Å². The van der Waals surface area contributed by atoms with E-state index in [1.807, 2.05) is 14.0 Å². The fraction of sp³-hybridized carbons (Fsp3) is 0.786. The standard InChI is InChI=1S/C14H24ClN3/c1-9(2)11(8-16-12-5-6-12)7-13-10(3)17-18(4)14(13)15/h9,11-12,16H,5-8H2,1-4H3. The lowest BCUT2D eigenvalue weighted by atomic mass is 9.89. The Hall–Kier alpha value is -0.540. The molecular weight excluding hydrogens is 246 g/mol. The van der Waals surface area contributed by atoms with Gasteiger partial charge in [0.05, 0.1) is 5.69 Å². The van der Waals surface area contributed by atoms with Crippen LogP contribution in [0, 0.1) is 18.8 Å². The van der Waals surface area contributed by atoms with Crippen molar-refractivity contribution < 1.29 is 0 Å². The van der Waals surface area contributed by atoms with E-state index in [9.17, 15) is 0 Å². The lowest BCUT2D eigenvalue weighted by molar-refractivity contribution is 0.359. The first-order chi connectivity index (χ1) is 8.49. The highest BCUT2D eigenvalue weighted by molar-refractivity contribution is 6.30. The highest BCUT2D eigenvalue weighted by atomic mass is 35.5. The van der Waals surface area contributed by atoms with Crippen LogP contribution in [0.25, 0.3) is 0 Å². The van der Waals surface area contributed by atoms with Crippen LogP contribution in [0.3, 0.4) is 0 Å². The van der Waals surface area contributed by atoms with E-state index in [1.165, 1.54) is 18.4 Å². The first-order valence-electron chi connectivity index (χ1n) is 6.90. The third-order valence-corrected chi connectivity index (χ3v) is 4.40. The van der Waals surface area contributed by atoms with Crippen molar-refractivity contribution in [2.45, 2.75) is 46.1 Å². The van der Waals surface area contributed by atoms with Crippen molar-refractivity contribution in [1.29, 1.82) is 0 Å². The average Bonchev–Trinajstić information content (AvgIpc) is 3.07. The molecule has 0 radical (unpaired) electrons.